The highest BCUT2D eigenvalue weighted by atomic mass is 79.9. The summed E-state index contributed by atoms with van der Waals surface area (Å²) in [5.74, 6) is -0.204. The zero-order chi connectivity index (χ0) is 15.4. The molecule has 1 aromatic carbocycles. The van der Waals surface area contributed by atoms with Crippen LogP contribution in [0.3, 0.4) is 0 Å². The Labute approximate surface area is 137 Å². The fourth-order valence-corrected chi connectivity index (χ4v) is 3.78. The van der Waals surface area contributed by atoms with E-state index in [0.29, 0.717) is 6.42 Å². The second kappa shape index (κ2) is 7.38. The summed E-state index contributed by atoms with van der Waals surface area (Å²) in [7, 11) is 2.03. The lowest BCUT2D eigenvalue weighted by molar-refractivity contribution is 0.613. The van der Waals surface area contributed by atoms with Crippen LogP contribution in [0.5, 0.6) is 0 Å². The van der Waals surface area contributed by atoms with E-state index in [-0.39, 0.29) is 11.9 Å². The van der Waals surface area contributed by atoms with Crippen LogP contribution in [0.15, 0.2) is 34.1 Å². The second-order valence-corrected chi connectivity index (χ2v) is 7.14. The number of hydrogen-bond donors (Lipinski definition) is 1. The van der Waals surface area contributed by atoms with E-state index in [4.69, 9.17) is 5.73 Å². The van der Waals surface area contributed by atoms with Gasteiger partial charge < -0.3 is 10.6 Å². The van der Waals surface area contributed by atoms with E-state index >= 15 is 0 Å². The van der Waals surface area contributed by atoms with Crippen LogP contribution in [0.4, 0.5) is 10.1 Å². The maximum atomic E-state index is 13.5. The van der Waals surface area contributed by atoms with Crippen molar-refractivity contribution in [3.63, 3.8) is 0 Å². The molecule has 2 rings (SSSR count). The van der Waals surface area contributed by atoms with Crippen LogP contribution in [0.25, 0.3) is 0 Å². The van der Waals surface area contributed by atoms with Gasteiger partial charge in [-0.3, -0.25) is 0 Å². The maximum Gasteiger partial charge on any atom is 0.123 e. The fourth-order valence-electron chi connectivity index (χ4n) is 2.27. The minimum absolute atomic E-state index is 0.0647. The minimum Gasteiger partial charge on any atom is -0.369 e. The maximum absolute atomic E-state index is 13.5. The number of nitrogens with zero attached hydrogens (tertiary/aromatic N) is 1. The first kappa shape index (κ1) is 16.5. The zero-order valence-corrected chi connectivity index (χ0v) is 14.7. The van der Waals surface area contributed by atoms with E-state index in [1.165, 1.54) is 10.9 Å². The van der Waals surface area contributed by atoms with E-state index in [1.54, 1.807) is 17.4 Å². The average Bonchev–Trinajstić information content (AvgIpc) is 2.84. The van der Waals surface area contributed by atoms with Gasteiger partial charge in [-0.25, -0.2) is 4.39 Å². The molecule has 114 valence electrons. The third-order valence-corrected chi connectivity index (χ3v) is 5.16. The van der Waals surface area contributed by atoms with Crippen molar-refractivity contribution in [2.45, 2.75) is 32.4 Å². The van der Waals surface area contributed by atoms with Crippen molar-refractivity contribution in [3.05, 3.63) is 50.4 Å². The van der Waals surface area contributed by atoms with Gasteiger partial charge in [0.05, 0.1) is 6.54 Å². The Hall–Kier alpha value is -0.910. The third kappa shape index (κ3) is 4.53. The van der Waals surface area contributed by atoms with Gasteiger partial charge in [0.25, 0.3) is 0 Å². The summed E-state index contributed by atoms with van der Waals surface area (Å²) in [6, 6.07) is 7.13. The highest BCUT2D eigenvalue weighted by molar-refractivity contribution is 9.10. The Morgan fingerprint density at radius 2 is 2.14 bits per heavy atom. The first-order valence-corrected chi connectivity index (χ1v) is 8.65. The van der Waals surface area contributed by atoms with Gasteiger partial charge in [-0.1, -0.05) is 6.92 Å². The molecule has 0 saturated carbocycles. The summed E-state index contributed by atoms with van der Waals surface area (Å²) in [5.41, 5.74) is 8.06. The number of nitrogens with two attached hydrogens (primary N) is 1. The summed E-state index contributed by atoms with van der Waals surface area (Å²) in [5, 5.41) is 2.07. The molecular weight excluding hydrogens is 351 g/mol. The van der Waals surface area contributed by atoms with Gasteiger partial charge in [0, 0.05) is 33.5 Å². The predicted octanol–water partition coefficient (Wildman–Crippen LogP) is 4.57. The Morgan fingerprint density at radius 3 is 2.76 bits per heavy atom. The summed E-state index contributed by atoms with van der Waals surface area (Å²) in [6.07, 6.45) is 1.58. The van der Waals surface area contributed by atoms with Crippen LogP contribution < -0.4 is 10.6 Å². The molecule has 0 aliphatic carbocycles. The molecule has 0 bridgehead atoms. The molecule has 2 nitrogen and oxygen atoms in total. The number of hydrogen-bond acceptors (Lipinski definition) is 3. The quantitative estimate of drug-likeness (QED) is 0.806. The van der Waals surface area contributed by atoms with Crippen LogP contribution in [0.2, 0.25) is 0 Å². The number of anilines is 1. The van der Waals surface area contributed by atoms with Crippen molar-refractivity contribution in [1.29, 1.82) is 0 Å². The van der Waals surface area contributed by atoms with Gasteiger partial charge in [-0.05, 0) is 58.6 Å². The molecule has 0 amide bonds. The molecule has 0 aliphatic heterocycles. The van der Waals surface area contributed by atoms with E-state index in [9.17, 15) is 4.39 Å². The lowest BCUT2D eigenvalue weighted by atomic mass is 10.0. The second-order valence-electron chi connectivity index (χ2n) is 5.23. The normalized spacial score (nSPS) is 12.4. The van der Waals surface area contributed by atoms with Crippen LogP contribution in [-0.2, 0) is 13.0 Å². The molecule has 21 heavy (non-hydrogen) atoms. The highest BCUT2D eigenvalue weighted by Crippen LogP contribution is 2.26. The van der Waals surface area contributed by atoms with Crippen LogP contribution in [0, 0.1) is 5.82 Å². The fraction of sp³-hybridized carbons (Fsp3) is 0.375. The van der Waals surface area contributed by atoms with E-state index in [1.807, 2.05) is 13.1 Å². The first-order valence-electron chi connectivity index (χ1n) is 6.97. The summed E-state index contributed by atoms with van der Waals surface area (Å²) >= 11 is 5.18. The minimum atomic E-state index is -0.204. The first-order chi connectivity index (χ1) is 9.99. The van der Waals surface area contributed by atoms with Gasteiger partial charge in [0.15, 0.2) is 0 Å². The molecule has 5 heteroatoms. The number of thiophene rings is 1. The lowest BCUT2D eigenvalue weighted by Gasteiger charge is -2.23. The molecular formula is C16H20BrFN2S. The molecule has 0 fully saturated rings. The smallest absolute Gasteiger partial charge is 0.123 e. The van der Waals surface area contributed by atoms with Gasteiger partial charge in [0.2, 0.25) is 0 Å². The zero-order valence-electron chi connectivity index (χ0n) is 12.3. The monoisotopic (exact) mass is 370 g/mol. The van der Waals surface area contributed by atoms with E-state index in [0.717, 1.165) is 28.7 Å². The summed E-state index contributed by atoms with van der Waals surface area (Å²) < 4.78 is 14.6. The van der Waals surface area contributed by atoms with Crippen LogP contribution >= 0.6 is 27.3 Å². The number of benzene rings is 1. The van der Waals surface area contributed by atoms with Crippen molar-refractivity contribution >= 4 is 33.0 Å². The summed E-state index contributed by atoms with van der Waals surface area (Å²) in [4.78, 5) is 3.41. The van der Waals surface area contributed by atoms with Crippen molar-refractivity contribution < 1.29 is 4.39 Å². The Bertz CT molecular complexity index is 600. The molecule has 1 unspecified atom stereocenters. The summed E-state index contributed by atoms with van der Waals surface area (Å²) in [6.45, 7) is 2.85. The van der Waals surface area contributed by atoms with Gasteiger partial charge >= 0.3 is 0 Å². The van der Waals surface area contributed by atoms with E-state index < -0.39 is 0 Å². The van der Waals surface area contributed by atoms with Crippen LogP contribution in [-0.4, -0.2) is 13.1 Å². The van der Waals surface area contributed by atoms with Crippen molar-refractivity contribution in [3.8, 4) is 0 Å². The van der Waals surface area contributed by atoms with Gasteiger partial charge in [-0.2, -0.15) is 0 Å². The molecule has 2 aromatic rings. The molecule has 0 aliphatic rings. The SMILES string of the molecule is CCC(N)Cc1cc(F)ccc1N(C)Cc1cc(Br)cs1. The predicted molar refractivity (Wildman–Crippen MR) is 92.5 cm³/mol. The Kier molecular flexibility index (Phi) is 5.79. The number of rotatable bonds is 6. The standard InChI is InChI=1S/C16H20BrFN2S/c1-3-14(19)7-11-6-13(18)4-5-16(11)20(2)9-15-8-12(17)10-21-15/h4-6,8,10,14H,3,7,9,19H2,1-2H3. The number of halogens is 2. The third-order valence-electron chi connectivity index (χ3n) is 3.47. The Morgan fingerprint density at radius 1 is 1.38 bits per heavy atom. The lowest BCUT2D eigenvalue weighted by Crippen LogP contribution is -2.24. The van der Waals surface area contributed by atoms with Crippen molar-refractivity contribution in [1.82, 2.24) is 0 Å². The topological polar surface area (TPSA) is 29.3 Å². The molecule has 1 heterocycles. The molecule has 0 saturated heterocycles. The average molecular weight is 371 g/mol. The molecule has 1 atom stereocenters. The highest BCUT2D eigenvalue weighted by Gasteiger charge is 2.12. The molecule has 1 aromatic heterocycles. The molecule has 0 radical (unpaired) electrons. The van der Waals surface area contributed by atoms with Crippen molar-refractivity contribution in [2.75, 3.05) is 11.9 Å². The van der Waals surface area contributed by atoms with Crippen molar-refractivity contribution in [2.24, 2.45) is 5.73 Å². The molecule has 0 spiro atoms. The van der Waals surface area contributed by atoms with Crippen LogP contribution in [0.1, 0.15) is 23.8 Å². The molecule has 2 N–H and O–H groups in total. The van der Waals surface area contributed by atoms with Gasteiger partial charge in [-0.15, -0.1) is 11.3 Å². The van der Waals surface area contributed by atoms with Gasteiger partial charge in [0.1, 0.15) is 5.82 Å². The largest absolute Gasteiger partial charge is 0.369 e. The van der Waals surface area contributed by atoms with E-state index in [2.05, 4.69) is 39.2 Å². The Balaban J connectivity index is 2.20.